The van der Waals surface area contributed by atoms with Gasteiger partial charge in [0.15, 0.2) is 0 Å². The minimum absolute atomic E-state index is 0.0471. The third kappa shape index (κ3) is 6.68. The molecule has 0 aliphatic carbocycles. The fourth-order valence-corrected chi connectivity index (χ4v) is 6.48. The summed E-state index contributed by atoms with van der Waals surface area (Å²) in [4.78, 5) is 37.7. The maximum Gasteiger partial charge on any atom is 0.247 e. The summed E-state index contributed by atoms with van der Waals surface area (Å²) in [6.07, 6.45) is 8.02. The van der Waals surface area contributed by atoms with E-state index in [9.17, 15) is 9.59 Å². The molecule has 8 nitrogen and oxygen atoms in total. The Bertz CT molecular complexity index is 1760. The number of amides is 2. The van der Waals surface area contributed by atoms with Crippen molar-refractivity contribution in [1.82, 2.24) is 29.8 Å². The topological polar surface area (TPSA) is 84.2 Å². The summed E-state index contributed by atoms with van der Waals surface area (Å²) in [5.74, 6) is -0.267. The van der Waals surface area contributed by atoms with Crippen LogP contribution in [0.1, 0.15) is 37.8 Å². The SMILES string of the molecule is Cc1nc(C)c(C=CC(=O)N(Cc2ccc(-n3ccnn3)cc2)[C@@H](Cc2ccccc2)C(=O)N2CCc3ccccc3C2)s1. The van der Waals surface area contributed by atoms with E-state index in [0.717, 1.165) is 44.4 Å². The number of hydrogen-bond donors (Lipinski definition) is 0. The van der Waals surface area contributed by atoms with Crippen LogP contribution >= 0.6 is 11.3 Å². The Kier molecular flexibility index (Phi) is 8.74. The predicted molar refractivity (Wildman–Crippen MR) is 172 cm³/mol. The van der Waals surface area contributed by atoms with Crippen LogP contribution in [0.25, 0.3) is 11.8 Å². The Hall–Kier alpha value is -4.89. The molecule has 5 aromatic rings. The molecule has 3 aromatic carbocycles. The van der Waals surface area contributed by atoms with Crippen LogP contribution in [0.5, 0.6) is 0 Å². The molecule has 2 aromatic heterocycles. The van der Waals surface area contributed by atoms with Crippen molar-refractivity contribution in [2.45, 2.75) is 45.8 Å². The van der Waals surface area contributed by atoms with E-state index in [2.05, 4.69) is 27.4 Å². The lowest BCUT2D eigenvalue weighted by molar-refractivity contribution is -0.144. The van der Waals surface area contributed by atoms with Crippen LogP contribution < -0.4 is 0 Å². The van der Waals surface area contributed by atoms with Gasteiger partial charge in [-0.2, -0.15) is 0 Å². The van der Waals surface area contributed by atoms with Crippen LogP contribution in [0.4, 0.5) is 0 Å². The van der Waals surface area contributed by atoms with Crippen LogP contribution in [0.2, 0.25) is 0 Å². The van der Waals surface area contributed by atoms with E-state index in [0.29, 0.717) is 19.5 Å². The number of aromatic nitrogens is 4. The molecule has 222 valence electrons. The van der Waals surface area contributed by atoms with Crippen molar-refractivity contribution in [3.8, 4) is 5.69 Å². The van der Waals surface area contributed by atoms with Crippen molar-refractivity contribution in [2.75, 3.05) is 6.54 Å². The summed E-state index contributed by atoms with van der Waals surface area (Å²) < 4.78 is 1.69. The number of hydrogen-bond acceptors (Lipinski definition) is 6. The second-order valence-electron chi connectivity index (χ2n) is 11.0. The van der Waals surface area contributed by atoms with Crippen molar-refractivity contribution < 1.29 is 9.59 Å². The molecule has 1 aliphatic rings. The van der Waals surface area contributed by atoms with E-state index in [4.69, 9.17) is 0 Å². The van der Waals surface area contributed by atoms with E-state index in [1.807, 2.05) is 91.6 Å². The monoisotopic (exact) mass is 602 g/mol. The first-order chi connectivity index (χ1) is 21.4. The Morgan fingerprint density at radius 1 is 0.955 bits per heavy atom. The number of aryl methyl sites for hydroxylation is 2. The number of carbonyl (C=O) groups is 2. The highest BCUT2D eigenvalue weighted by Gasteiger charge is 2.34. The van der Waals surface area contributed by atoms with Gasteiger partial charge in [-0.25, -0.2) is 9.67 Å². The molecule has 0 saturated carbocycles. The second kappa shape index (κ2) is 13.2. The van der Waals surface area contributed by atoms with Gasteiger partial charge in [-0.3, -0.25) is 9.59 Å². The van der Waals surface area contributed by atoms with Gasteiger partial charge in [-0.05, 0) is 60.7 Å². The lowest BCUT2D eigenvalue weighted by Crippen LogP contribution is -2.52. The van der Waals surface area contributed by atoms with Crippen LogP contribution in [-0.4, -0.2) is 54.2 Å². The molecule has 0 spiro atoms. The van der Waals surface area contributed by atoms with E-state index in [-0.39, 0.29) is 18.4 Å². The van der Waals surface area contributed by atoms with Gasteiger partial charge in [0.05, 0.1) is 33.7 Å². The Balaban J connectivity index is 1.35. The van der Waals surface area contributed by atoms with Gasteiger partial charge in [-0.15, -0.1) is 16.4 Å². The molecule has 1 aliphatic heterocycles. The molecule has 2 amide bonds. The highest BCUT2D eigenvalue weighted by Crippen LogP contribution is 2.24. The minimum Gasteiger partial charge on any atom is -0.336 e. The van der Waals surface area contributed by atoms with Crippen molar-refractivity contribution in [2.24, 2.45) is 0 Å². The molecule has 9 heteroatoms. The molecular weight excluding hydrogens is 568 g/mol. The van der Waals surface area contributed by atoms with Gasteiger partial charge in [0.2, 0.25) is 11.8 Å². The summed E-state index contributed by atoms with van der Waals surface area (Å²) in [5.41, 5.74) is 6.09. The fraction of sp³-hybridized carbons (Fsp3) is 0.229. The predicted octanol–water partition coefficient (Wildman–Crippen LogP) is 5.58. The molecule has 6 rings (SSSR count). The van der Waals surface area contributed by atoms with Gasteiger partial charge in [-0.1, -0.05) is 71.9 Å². The Morgan fingerprint density at radius 3 is 2.41 bits per heavy atom. The van der Waals surface area contributed by atoms with Gasteiger partial charge in [0.1, 0.15) is 6.04 Å². The molecule has 0 fully saturated rings. The van der Waals surface area contributed by atoms with Crippen LogP contribution in [0, 0.1) is 13.8 Å². The molecule has 0 radical (unpaired) electrons. The van der Waals surface area contributed by atoms with E-state index >= 15 is 0 Å². The number of carbonyl (C=O) groups excluding carboxylic acids is 2. The zero-order valence-corrected chi connectivity index (χ0v) is 25.7. The lowest BCUT2D eigenvalue weighted by Gasteiger charge is -2.37. The standard InChI is InChI=1S/C35H34N6O2S/c1-25-33(44-26(2)37-25)16-17-34(42)40(23-28-12-14-31(15-13-28)41-21-19-36-38-41)32(22-27-8-4-3-5-9-27)35(43)39-20-18-29-10-6-7-11-30(29)24-39/h3-17,19,21,32H,18,20,22-24H2,1-2H3/t32-/m0/s1. The maximum absolute atomic E-state index is 14.5. The van der Waals surface area contributed by atoms with Crippen LogP contribution in [0.15, 0.2) is 97.3 Å². The molecular formula is C35H34N6O2S. The third-order valence-corrected chi connectivity index (χ3v) is 8.99. The smallest absolute Gasteiger partial charge is 0.247 e. The lowest BCUT2D eigenvalue weighted by atomic mass is 9.97. The van der Waals surface area contributed by atoms with Crippen LogP contribution in [-0.2, 0) is 35.5 Å². The molecule has 0 unspecified atom stereocenters. The Morgan fingerprint density at radius 2 is 1.70 bits per heavy atom. The minimum atomic E-state index is -0.695. The van der Waals surface area contributed by atoms with Crippen LogP contribution in [0.3, 0.4) is 0 Å². The summed E-state index contributed by atoms with van der Waals surface area (Å²) in [5, 5.41) is 8.91. The highest BCUT2D eigenvalue weighted by molar-refractivity contribution is 7.12. The van der Waals surface area contributed by atoms with E-state index < -0.39 is 6.04 Å². The largest absolute Gasteiger partial charge is 0.336 e. The van der Waals surface area contributed by atoms with Gasteiger partial charge < -0.3 is 9.80 Å². The highest BCUT2D eigenvalue weighted by atomic mass is 32.1. The first kappa shape index (κ1) is 29.2. The zero-order valence-electron chi connectivity index (χ0n) is 24.8. The number of thiazole rings is 1. The summed E-state index contributed by atoms with van der Waals surface area (Å²) in [6.45, 7) is 5.32. The molecule has 0 saturated heterocycles. The van der Waals surface area contributed by atoms with Crippen molar-refractivity contribution in [1.29, 1.82) is 0 Å². The molecule has 44 heavy (non-hydrogen) atoms. The second-order valence-corrected chi connectivity index (χ2v) is 12.2. The number of rotatable bonds is 9. The normalized spacial score (nSPS) is 13.5. The number of benzene rings is 3. The molecule has 0 bridgehead atoms. The fourth-order valence-electron chi connectivity index (χ4n) is 5.65. The molecule has 1 atom stereocenters. The average molecular weight is 603 g/mol. The van der Waals surface area contributed by atoms with E-state index in [1.54, 1.807) is 39.4 Å². The Labute approximate surface area is 261 Å². The quantitative estimate of drug-likeness (QED) is 0.206. The van der Waals surface area contributed by atoms with Gasteiger partial charge >= 0.3 is 0 Å². The van der Waals surface area contributed by atoms with Gasteiger partial charge in [0, 0.05) is 32.1 Å². The third-order valence-electron chi connectivity index (χ3n) is 7.95. The van der Waals surface area contributed by atoms with Crippen molar-refractivity contribution >= 4 is 29.2 Å². The maximum atomic E-state index is 14.5. The zero-order chi connectivity index (χ0) is 30.5. The van der Waals surface area contributed by atoms with E-state index in [1.165, 1.54) is 5.56 Å². The van der Waals surface area contributed by atoms with Gasteiger partial charge in [0.25, 0.3) is 0 Å². The van der Waals surface area contributed by atoms with Crippen molar-refractivity contribution in [3.63, 3.8) is 0 Å². The molecule has 0 N–H and O–H groups in total. The summed E-state index contributed by atoms with van der Waals surface area (Å²) in [7, 11) is 0. The molecule has 3 heterocycles. The summed E-state index contributed by atoms with van der Waals surface area (Å²) >= 11 is 1.55. The first-order valence-corrected chi connectivity index (χ1v) is 15.5. The average Bonchev–Trinajstić information content (AvgIpc) is 3.71. The number of fused-ring (bicyclic) bond motifs is 1. The van der Waals surface area contributed by atoms with Crippen molar-refractivity contribution in [3.05, 3.63) is 135 Å². The summed E-state index contributed by atoms with van der Waals surface area (Å²) in [6, 6.07) is 25.3. The number of nitrogens with zero attached hydrogens (tertiary/aromatic N) is 6. The first-order valence-electron chi connectivity index (χ1n) is 14.7.